The third-order valence-electron chi connectivity index (χ3n) is 3.47. The number of carboxylic acids is 1. The molecule has 2 heterocycles. The van der Waals surface area contributed by atoms with Gasteiger partial charge in [0.25, 0.3) is 0 Å². The topological polar surface area (TPSA) is 99.5 Å². The number of aromatic nitrogens is 2. The first kappa shape index (κ1) is 13.9. The fourth-order valence-corrected chi connectivity index (χ4v) is 2.38. The average molecular weight is 301 g/mol. The minimum Gasteiger partial charge on any atom is -0.478 e. The molecule has 0 atom stereocenters. The highest BCUT2D eigenvalue weighted by Gasteiger charge is 2.23. The van der Waals surface area contributed by atoms with Crippen molar-refractivity contribution in [3.63, 3.8) is 0 Å². The number of urea groups is 1. The van der Waals surface area contributed by atoms with Crippen molar-refractivity contribution in [3.8, 4) is 0 Å². The second kappa shape index (κ2) is 5.40. The van der Waals surface area contributed by atoms with E-state index in [-0.39, 0.29) is 11.6 Å². The highest BCUT2D eigenvalue weighted by molar-refractivity contribution is 5.89. The van der Waals surface area contributed by atoms with Crippen LogP contribution >= 0.6 is 0 Å². The Kier molecular flexibility index (Phi) is 3.42. The predicted molar refractivity (Wildman–Crippen MR) is 80.7 cm³/mol. The van der Waals surface area contributed by atoms with Crippen molar-refractivity contribution in [2.24, 2.45) is 0 Å². The van der Waals surface area contributed by atoms with Crippen LogP contribution in [-0.4, -0.2) is 40.5 Å². The van der Waals surface area contributed by atoms with E-state index in [0.717, 1.165) is 18.1 Å². The molecule has 1 aliphatic heterocycles. The first-order valence-corrected chi connectivity index (χ1v) is 6.76. The number of fused-ring (bicyclic) bond motifs is 1. The molecule has 3 rings (SSSR count). The maximum Gasteiger partial charge on any atom is 0.335 e. The van der Waals surface area contributed by atoms with Gasteiger partial charge in [0.15, 0.2) is 5.82 Å². The van der Waals surface area contributed by atoms with Crippen LogP contribution in [0.4, 0.5) is 22.1 Å². The third kappa shape index (κ3) is 2.46. The van der Waals surface area contributed by atoms with Gasteiger partial charge in [-0.3, -0.25) is 5.32 Å². The largest absolute Gasteiger partial charge is 0.478 e. The Morgan fingerprint density at radius 3 is 2.59 bits per heavy atom. The molecule has 0 bridgehead atoms. The summed E-state index contributed by atoms with van der Waals surface area (Å²) in [5.41, 5.74) is 1.13. The summed E-state index contributed by atoms with van der Waals surface area (Å²) in [6.07, 6.45) is 0. The number of nitrogens with zero attached hydrogens (tertiary/aromatic N) is 3. The zero-order valence-electron chi connectivity index (χ0n) is 11.9. The first-order chi connectivity index (χ1) is 10.6. The molecule has 0 saturated carbocycles. The zero-order chi connectivity index (χ0) is 15.7. The quantitative estimate of drug-likeness (QED) is 0.797. The summed E-state index contributed by atoms with van der Waals surface area (Å²) in [4.78, 5) is 24.2. The van der Waals surface area contributed by atoms with Gasteiger partial charge in [-0.25, -0.2) is 14.3 Å². The van der Waals surface area contributed by atoms with E-state index in [1.54, 1.807) is 35.0 Å². The van der Waals surface area contributed by atoms with Crippen LogP contribution in [0.3, 0.4) is 0 Å². The van der Waals surface area contributed by atoms with Crippen LogP contribution < -0.4 is 15.5 Å². The summed E-state index contributed by atoms with van der Waals surface area (Å²) in [7, 11) is 1.54. The number of amides is 2. The van der Waals surface area contributed by atoms with Crippen molar-refractivity contribution in [1.82, 2.24) is 15.1 Å². The number of carbonyl (C=O) groups is 2. The molecule has 2 amide bonds. The maximum absolute atomic E-state index is 11.3. The standard InChI is InChI=1S/C14H15N5O3/c1-15-14(22)16-11-8-12-18(6-7-19(12)17-11)10-4-2-9(3-5-10)13(20)21/h2-5,8H,6-7H2,1H3,(H,20,21)(H2,15,16,17,22). The van der Waals surface area contributed by atoms with Gasteiger partial charge in [-0.1, -0.05) is 0 Å². The van der Waals surface area contributed by atoms with E-state index in [4.69, 9.17) is 5.11 Å². The first-order valence-electron chi connectivity index (χ1n) is 6.76. The van der Waals surface area contributed by atoms with Gasteiger partial charge in [0.1, 0.15) is 5.82 Å². The lowest BCUT2D eigenvalue weighted by atomic mass is 10.2. The van der Waals surface area contributed by atoms with Crippen molar-refractivity contribution in [1.29, 1.82) is 0 Å². The van der Waals surface area contributed by atoms with Gasteiger partial charge >= 0.3 is 12.0 Å². The van der Waals surface area contributed by atoms with Crippen LogP contribution in [0.5, 0.6) is 0 Å². The molecule has 3 N–H and O–H groups in total. The minimum atomic E-state index is -0.949. The molecule has 0 aliphatic carbocycles. The number of rotatable bonds is 3. The van der Waals surface area contributed by atoms with Crippen LogP contribution in [-0.2, 0) is 6.54 Å². The zero-order valence-corrected chi connectivity index (χ0v) is 11.9. The fourth-order valence-electron chi connectivity index (χ4n) is 2.38. The Bertz CT molecular complexity index is 723. The molecular formula is C14H15N5O3. The van der Waals surface area contributed by atoms with E-state index < -0.39 is 5.97 Å². The van der Waals surface area contributed by atoms with Crippen molar-refractivity contribution in [2.75, 3.05) is 23.8 Å². The minimum absolute atomic E-state index is 0.249. The number of carbonyl (C=O) groups excluding carboxylic acids is 1. The number of aromatic carboxylic acids is 1. The lowest BCUT2D eigenvalue weighted by molar-refractivity contribution is 0.0697. The van der Waals surface area contributed by atoms with Crippen molar-refractivity contribution >= 4 is 29.3 Å². The lowest BCUT2D eigenvalue weighted by Gasteiger charge is -2.16. The van der Waals surface area contributed by atoms with E-state index in [1.165, 1.54) is 7.05 Å². The Balaban J connectivity index is 1.84. The van der Waals surface area contributed by atoms with E-state index in [1.807, 2.05) is 4.90 Å². The second-order valence-corrected chi connectivity index (χ2v) is 4.82. The van der Waals surface area contributed by atoms with Gasteiger partial charge < -0.3 is 15.3 Å². The molecule has 22 heavy (non-hydrogen) atoms. The number of carboxylic acid groups (broad SMARTS) is 1. The molecule has 8 nitrogen and oxygen atoms in total. The monoisotopic (exact) mass is 301 g/mol. The molecule has 0 unspecified atom stereocenters. The average Bonchev–Trinajstić information content (AvgIpc) is 3.07. The maximum atomic E-state index is 11.3. The smallest absolute Gasteiger partial charge is 0.335 e. The number of benzene rings is 1. The summed E-state index contributed by atoms with van der Waals surface area (Å²) in [6, 6.07) is 8.12. The van der Waals surface area contributed by atoms with Crippen molar-refractivity contribution in [2.45, 2.75) is 6.54 Å². The summed E-state index contributed by atoms with van der Waals surface area (Å²) in [5.74, 6) is 0.380. The molecule has 114 valence electrons. The molecule has 0 fully saturated rings. The van der Waals surface area contributed by atoms with Crippen molar-refractivity contribution in [3.05, 3.63) is 35.9 Å². The summed E-state index contributed by atoms with van der Waals surface area (Å²) >= 11 is 0. The molecule has 2 aromatic rings. The van der Waals surface area contributed by atoms with Gasteiger partial charge in [0.05, 0.1) is 12.1 Å². The van der Waals surface area contributed by atoms with Crippen LogP contribution in [0.25, 0.3) is 0 Å². The van der Waals surface area contributed by atoms with Gasteiger partial charge in [-0.15, -0.1) is 0 Å². The summed E-state index contributed by atoms with van der Waals surface area (Å²) in [6.45, 7) is 1.44. The molecule has 0 saturated heterocycles. The molecule has 1 aromatic carbocycles. The Morgan fingerprint density at radius 1 is 1.23 bits per heavy atom. The number of nitrogens with one attached hydrogen (secondary N) is 2. The Morgan fingerprint density at radius 2 is 1.95 bits per heavy atom. The van der Waals surface area contributed by atoms with Crippen LogP contribution in [0.1, 0.15) is 10.4 Å². The van der Waals surface area contributed by atoms with Crippen LogP contribution in [0, 0.1) is 0 Å². The lowest BCUT2D eigenvalue weighted by Crippen LogP contribution is -2.24. The summed E-state index contributed by atoms with van der Waals surface area (Å²) in [5, 5.41) is 18.3. The van der Waals surface area contributed by atoms with E-state index >= 15 is 0 Å². The highest BCUT2D eigenvalue weighted by atomic mass is 16.4. The Hall–Kier alpha value is -3.03. The van der Waals surface area contributed by atoms with Crippen molar-refractivity contribution < 1.29 is 14.7 Å². The fraction of sp³-hybridized carbons (Fsp3) is 0.214. The van der Waals surface area contributed by atoms with E-state index in [2.05, 4.69) is 15.7 Å². The normalized spacial score (nSPS) is 12.9. The van der Waals surface area contributed by atoms with Crippen LogP contribution in [0.15, 0.2) is 30.3 Å². The molecule has 0 spiro atoms. The molecule has 8 heteroatoms. The highest BCUT2D eigenvalue weighted by Crippen LogP contribution is 2.31. The third-order valence-corrected chi connectivity index (χ3v) is 3.47. The van der Waals surface area contributed by atoms with Gasteiger partial charge in [0, 0.05) is 25.3 Å². The van der Waals surface area contributed by atoms with E-state index in [9.17, 15) is 9.59 Å². The van der Waals surface area contributed by atoms with Crippen LogP contribution in [0.2, 0.25) is 0 Å². The summed E-state index contributed by atoms with van der Waals surface area (Å²) < 4.78 is 1.80. The Labute approximate surface area is 126 Å². The second-order valence-electron chi connectivity index (χ2n) is 4.82. The number of anilines is 3. The SMILES string of the molecule is CNC(=O)Nc1cc2n(n1)CCN2c1ccc(C(=O)O)cc1. The predicted octanol–water partition coefficient (Wildman–Crippen LogP) is 1.48. The molecular weight excluding hydrogens is 286 g/mol. The molecule has 1 aliphatic rings. The molecule has 1 aromatic heterocycles. The van der Waals surface area contributed by atoms with Gasteiger partial charge in [-0.05, 0) is 24.3 Å². The van der Waals surface area contributed by atoms with Gasteiger partial charge in [-0.2, -0.15) is 5.10 Å². The molecule has 0 radical (unpaired) electrons. The number of hydrogen-bond acceptors (Lipinski definition) is 4. The van der Waals surface area contributed by atoms with Gasteiger partial charge in [0.2, 0.25) is 0 Å². The number of hydrogen-bond donors (Lipinski definition) is 3. The van der Waals surface area contributed by atoms with E-state index in [0.29, 0.717) is 12.4 Å².